The van der Waals surface area contributed by atoms with Gasteiger partial charge in [0.15, 0.2) is 20.2 Å². The molecular weight excluding hydrogens is 868 g/mol. The summed E-state index contributed by atoms with van der Waals surface area (Å²) >= 11 is 0. The zero-order valence-corrected chi connectivity index (χ0v) is 33.5. The van der Waals surface area contributed by atoms with E-state index in [2.05, 4.69) is 78.5 Å². The van der Waals surface area contributed by atoms with E-state index < -0.39 is 47.5 Å². The van der Waals surface area contributed by atoms with Crippen molar-refractivity contribution in [2.45, 2.75) is 109 Å². The number of hydrogen-bond donors (Lipinski definition) is 0. The van der Waals surface area contributed by atoms with Gasteiger partial charge in [-0.25, -0.2) is 16.8 Å². The van der Waals surface area contributed by atoms with Crippen LogP contribution in [-0.4, -0.2) is 78.6 Å². The van der Waals surface area contributed by atoms with Gasteiger partial charge in [0.25, 0.3) is 0 Å². The zero-order chi connectivity index (χ0) is 35.5. The van der Waals surface area contributed by atoms with Gasteiger partial charge < -0.3 is 19.4 Å². The van der Waals surface area contributed by atoms with E-state index in [-0.39, 0.29) is 25.9 Å². The molecule has 0 bridgehead atoms. The molecule has 0 saturated carbocycles. The van der Waals surface area contributed by atoms with Crippen molar-refractivity contribution in [3.8, 4) is 0 Å². The fourth-order valence-electron chi connectivity index (χ4n) is 3.23. The fraction of sp³-hybridized carbons (Fsp3) is 0.792. The van der Waals surface area contributed by atoms with Crippen LogP contribution in [0.15, 0.2) is 18.2 Å². The van der Waals surface area contributed by atoms with Crippen LogP contribution in [0.5, 0.6) is 0 Å². The van der Waals surface area contributed by atoms with E-state index >= 15 is 0 Å². The minimum Gasteiger partial charge on any atom is -2.00 e. The molecule has 0 spiro atoms. The van der Waals surface area contributed by atoms with Gasteiger partial charge in [-0.15, -0.1) is 0 Å². The second-order valence-corrected chi connectivity index (χ2v) is 23.4. The van der Waals surface area contributed by atoms with Crippen molar-refractivity contribution in [1.82, 2.24) is 9.88 Å². The number of nitrogens with zero attached hydrogens (tertiary/aromatic N) is 2. The van der Waals surface area contributed by atoms with Crippen LogP contribution in [0.1, 0.15) is 66.8 Å². The third kappa shape index (κ3) is 28.5. The first-order chi connectivity index (χ1) is 18.6. The molecule has 21 heteroatoms. The number of pyridine rings is 1. The number of hydrogen-bond acceptors (Lipinski definition) is 9. The van der Waals surface area contributed by atoms with E-state index in [4.69, 9.17) is 30.9 Å². The summed E-state index contributed by atoms with van der Waals surface area (Å²) in [4.78, 5) is 17.6. The molecule has 0 aromatic carbocycles. The molecule has 1 heterocycles. The van der Waals surface area contributed by atoms with Gasteiger partial charge in [0.1, 0.15) is 0 Å². The van der Waals surface area contributed by atoms with Crippen molar-refractivity contribution >= 4 is 36.5 Å². The molecule has 0 amide bonds. The van der Waals surface area contributed by atoms with Crippen LogP contribution in [-0.2, 0) is 58.8 Å². The Morgan fingerprint density at radius 1 is 0.778 bits per heavy atom. The monoisotopic (exact) mass is 913 g/mol. The predicted octanol–water partition coefficient (Wildman–Crippen LogP) is 5.40. The van der Waals surface area contributed by atoms with Crippen molar-refractivity contribution in [1.29, 1.82) is 0 Å². The Balaban J connectivity index is -0.000000191. The second-order valence-electron chi connectivity index (χ2n) is 12.1. The maximum atomic E-state index is 10.7. The van der Waals surface area contributed by atoms with Crippen LogP contribution in [0.25, 0.3) is 0 Å². The fourth-order valence-corrected chi connectivity index (χ4v) is 7.10. The van der Waals surface area contributed by atoms with E-state index in [1.807, 2.05) is 0 Å². The summed E-state index contributed by atoms with van der Waals surface area (Å²) in [5.41, 5.74) is -8.80. The Hall–Kier alpha value is -0.261. The molecule has 0 N–H and O–H groups in total. The topological polar surface area (TPSA) is 182 Å². The maximum Gasteiger partial charge on any atom is 0.485 e. The molecule has 1 aromatic heterocycles. The summed E-state index contributed by atoms with van der Waals surface area (Å²) in [5.74, 6) is 0. The average Bonchev–Trinajstić information content (AvgIpc) is 2.71. The smallest absolute Gasteiger partial charge is 0.485 e. The predicted molar refractivity (Wildman–Crippen MR) is 158 cm³/mol. The largest absolute Gasteiger partial charge is 2.00 e. The van der Waals surface area contributed by atoms with Gasteiger partial charge in [-0.2, -0.15) is 26.3 Å². The molecular formula is C24H45F6N2O8PReS2Si-4. The minimum atomic E-state index is -6.09. The van der Waals surface area contributed by atoms with Gasteiger partial charge in [0, 0.05) is 34.9 Å². The molecule has 0 aliphatic heterocycles. The third-order valence-electron chi connectivity index (χ3n) is 4.88. The van der Waals surface area contributed by atoms with E-state index in [0.717, 1.165) is 25.8 Å². The van der Waals surface area contributed by atoms with E-state index in [1.54, 1.807) is 19.6 Å². The van der Waals surface area contributed by atoms with Crippen LogP contribution in [0.4, 0.5) is 26.3 Å². The Kier molecular flexibility index (Phi) is 25.2. The molecule has 1 radical (unpaired) electrons. The van der Waals surface area contributed by atoms with Crippen LogP contribution in [0.3, 0.4) is 0 Å². The normalized spacial score (nSPS) is 12.8. The third-order valence-corrected chi connectivity index (χ3v) is 10.4. The molecule has 1 rings (SSSR count). The van der Waals surface area contributed by atoms with Crippen molar-refractivity contribution < 1.29 is 83.0 Å². The molecule has 0 saturated heterocycles. The van der Waals surface area contributed by atoms with E-state index in [9.17, 15) is 31.1 Å². The number of aromatic nitrogens is 1. The van der Waals surface area contributed by atoms with Gasteiger partial charge in [-0.3, -0.25) is 9.88 Å². The van der Waals surface area contributed by atoms with Crippen LogP contribution in [0, 0.1) is 0 Å². The minimum absolute atomic E-state index is 0. The van der Waals surface area contributed by atoms with Crippen LogP contribution in [0.2, 0.25) is 19.6 Å². The summed E-state index contributed by atoms with van der Waals surface area (Å²) in [5, 5.41) is 0.777. The van der Waals surface area contributed by atoms with Crippen molar-refractivity contribution in [2.75, 3.05) is 13.1 Å². The molecule has 273 valence electrons. The van der Waals surface area contributed by atoms with Crippen molar-refractivity contribution in [2.24, 2.45) is 0 Å². The Bertz CT molecular complexity index is 1110. The van der Waals surface area contributed by atoms with Crippen LogP contribution < -0.4 is 4.80 Å². The van der Waals surface area contributed by atoms with Crippen LogP contribution >= 0.6 is 7.92 Å². The number of rotatable bonds is 6. The summed E-state index contributed by atoms with van der Waals surface area (Å²) in [7, 11) is -14.6. The molecule has 1 aromatic rings. The van der Waals surface area contributed by atoms with Gasteiger partial charge >= 0.3 is 11.0 Å². The Morgan fingerprint density at radius 3 is 1.27 bits per heavy atom. The van der Waals surface area contributed by atoms with E-state index in [1.165, 1.54) is 11.4 Å². The van der Waals surface area contributed by atoms with Gasteiger partial charge in [-0.05, 0) is 66.8 Å². The number of alkyl halides is 6. The van der Waals surface area contributed by atoms with E-state index in [0.29, 0.717) is 10.3 Å². The molecule has 0 unspecified atom stereocenters. The number of halogens is 6. The van der Waals surface area contributed by atoms with Gasteiger partial charge in [0.2, 0.25) is 0 Å². The zero-order valence-electron chi connectivity index (χ0n) is 27.2. The second kappa shape index (κ2) is 21.0. The molecule has 0 aliphatic carbocycles. The van der Waals surface area contributed by atoms with Gasteiger partial charge in [0.05, 0.1) is 27.9 Å². The maximum absolute atomic E-state index is 10.7. The first kappa shape index (κ1) is 54.2. The standard InChI is InChI=1S/C19H35N2P.C3H9OSi.2CHF3O3S.O.Re/c1-9-21(10-2)14-16-12-11-13-17(20-16)15-22(18(3,4)5)19(6,7)8;1-5(2,3)4;2*2-1(3,4)8(5,6)7;;/h11-13H,9-10,14-15H2,1-8H3;1-3H3;2*(H,5,6,7);;/q;-1;;;-2;/p-1. The molecule has 10 nitrogen and oxygen atoms in total. The summed E-state index contributed by atoms with van der Waals surface area (Å²) < 4.78 is 118. The van der Waals surface area contributed by atoms with Gasteiger partial charge in [-0.1, -0.05) is 47.9 Å². The summed E-state index contributed by atoms with van der Waals surface area (Å²) in [6.07, 6.45) is 1.16. The molecule has 0 aliphatic rings. The Morgan fingerprint density at radius 2 is 1.04 bits per heavy atom. The first-order valence-corrected chi connectivity index (χ1v) is 20.8. The molecule has 0 atom stereocenters. The summed E-state index contributed by atoms with van der Waals surface area (Å²) in [6.45, 7) is 27.3. The van der Waals surface area contributed by atoms with Crippen molar-refractivity contribution in [3.05, 3.63) is 29.6 Å². The molecule has 0 fully saturated rings. The summed E-state index contributed by atoms with van der Waals surface area (Å²) in [6, 6.07) is 6.57. The molecule has 45 heavy (non-hydrogen) atoms. The quantitative estimate of drug-likeness (QED) is 0.119. The SMILES string of the molecule is CCN(CC)Cc1cccc(C[PH+](C(C)(C)C)C(C)(C)C)n1.C[Si](C)(C)[O-].O=S(=O)([O-])C(F)(F)F.O=S(=O)([O-])C(F)(F)F.[O-2].[Re]. The average molecular weight is 913 g/mol. The Labute approximate surface area is 280 Å². The first-order valence-electron chi connectivity index (χ1n) is 12.9. The van der Waals surface area contributed by atoms with Crippen molar-refractivity contribution in [3.63, 3.8) is 0 Å².